The number of hydrogen-bond donors (Lipinski definition) is 2. The smallest absolute Gasteiger partial charge is 0.464 e. The Morgan fingerprint density at radius 1 is 0.853 bits per heavy atom. The van der Waals surface area contributed by atoms with Gasteiger partial charge in [-0.05, 0) is 13.5 Å². The third-order valence-electron chi connectivity index (χ3n) is 5.79. The van der Waals surface area contributed by atoms with Crippen molar-refractivity contribution in [1.29, 1.82) is 0 Å². The fourth-order valence-corrected chi connectivity index (χ4v) is 4.17. The van der Waals surface area contributed by atoms with Crippen molar-refractivity contribution >= 4 is 13.8 Å². The lowest BCUT2D eigenvalue weighted by Crippen LogP contribution is -2.37. The van der Waals surface area contributed by atoms with Gasteiger partial charge in [0.05, 0.1) is 33.8 Å². The first-order valence-electron chi connectivity index (χ1n) is 13.3. The van der Waals surface area contributed by atoms with Crippen LogP contribution in [0.1, 0.15) is 96.8 Å². The number of phosphoric acid groups is 1. The molecule has 2 unspecified atom stereocenters. The molecule has 0 saturated carbocycles. The Kier molecular flexibility index (Phi) is 20.4. The minimum absolute atomic E-state index is 0.0827. The van der Waals surface area contributed by atoms with Gasteiger partial charge < -0.3 is 19.4 Å². The van der Waals surface area contributed by atoms with Gasteiger partial charge in [-0.1, -0.05) is 84.0 Å². The normalized spacial score (nSPS) is 14.6. The van der Waals surface area contributed by atoms with Gasteiger partial charge in [0.15, 0.2) is 0 Å². The summed E-state index contributed by atoms with van der Waals surface area (Å²) in [5.41, 5.74) is 0. The summed E-state index contributed by atoms with van der Waals surface area (Å²) in [5, 5.41) is 2.93. The summed E-state index contributed by atoms with van der Waals surface area (Å²) < 4.78 is 27.9. The second-order valence-electron chi connectivity index (χ2n) is 10.3. The Morgan fingerprint density at radius 2 is 1.35 bits per heavy atom. The van der Waals surface area contributed by atoms with Crippen LogP contribution in [0.5, 0.6) is 0 Å². The second kappa shape index (κ2) is 20.7. The summed E-state index contributed by atoms with van der Waals surface area (Å²) in [6.45, 7) is 2.97. The maximum absolute atomic E-state index is 12.0. The highest BCUT2D eigenvalue weighted by molar-refractivity contribution is 7.47. The third kappa shape index (κ3) is 23.3. The van der Waals surface area contributed by atoms with E-state index in [0.717, 1.165) is 19.3 Å². The number of ether oxygens (including phenoxy) is 1. The van der Waals surface area contributed by atoms with Crippen molar-refractivity contribution in [2.45, 2.75) is 103 Å². The highest BCUT2D eigenvalue weighted by atomic mass is 31.2. The number of phosphoric ester groups is 1. The van der Waals surface area contributed by atoms with Crippen molar-refractivity contribution in [1.82, 2.24) is 5.32 Å². The molecule has 34 heavy (non-hydrogen) atoms. The molecule has 0 aliphatic heterocycles. The summed E-state index contributed by atoms with van der Waals surface area (Å²) in [4.78, 5) is 21.8. The molecule has 0 radical (unpaired) electrons. The van der Waals surface area contributed by atoms with E-state index < -0.39 is 7.82 Å². The second-order valence-corrected chi connectivity index (χ2v) is 11.7. The van der Waals surface area contributed by atoms with Gasteiger partial charge in [0, 0.05) is 6.42 Å². The largest absolute Gasteiger partial charge is 0.472 e. The van der Waals surface area contributed by atoms with Crippen LogP contribution in [0.15, 0.2) is 0 Å². The molecule has 0 fully saturated rings. The van der Waals surface area contributed by atoms with Gasteiger partial charge >= 0.3 is 13.8 Å². The van der Waals surface area contributed by atoms with E-state index in [9.17, 15) is 14.3 Å². The first-order valence-corrected chi connectivity index (χ1v) is 14.8. The molecular formula is C25H54N2O6P+. The van der Waals surface area contributed by atoms with Crippen LogP contribution in [0, 0.1) is 0 Å². The van der Waals surface area contributed by atoms with Gasteiger partial charge in [0.25, 0.3) is 0 Å². The van der Waals surface area contributed by atoms with Crippen LogP contribution < -0.4 is 5.32 Å². The van der Waals surface area contributed by atoms with Crippen molar-refractivity contribution in [3.8, 4) is 0 Å². The lowest BCUT2D eigenvalue weighted by atomic mass is 10.0. The van der Waals surface area contributed by atoms with E-state index in [1.165, 1.54) is 64.2 Å². The Morgan fingerprint density at radius 3 is 1.82 bits per heavy atom. The number of carbonyl (C=O) groups is 1. The van der Waals surface area contributed by atoms with E-state index in [-0.39, 0.29) is 31.8 Å². The van der Waals surface area contributed by atoms with Gasteiger partial charge in [0.1, 0.15) is 19.8 Å². The summed E-state index contributed by atoms with van der Waals surface area (Å²) >= 11 is 0. The lowest BCUT2D eigenvalue weighted by molar-refractivity contribution is -0.870. The molecule has 0 aliphatic rings. The molecule has 2 atom stereocenters. The van der Waals surface area contributed by atoms with Crippen LogP contribution >= 0.6 is 7.82 Å². The Balaban J connectivity index is 3.71. The van der Waals surface area contributed by atoms with Gasteiger partial charge in [-0.15, -0.1) is 0 Å². The Labute approximate surface area is 209 Å². The molecule has 0 spiro atoms. The molecule has 204 valence electrons. The van der Waals surface area contributed by atoms with Crippen molar-refractivity contribution in [2.24, 2.45) is 0 Å². The van der Waals surface area contributed by atoms with E-state index in [1.807, 2.05) is 21.1 Å². The molecule has 0 rings (SSSR count). The summed E-state index contributed by atoms with van der Waals surface area (Å²) in [6.07, 6.45) is 16.9. The molecule has 2 N–H and O–H groups in total. The summed E-state index contributed by atoms with van der Waals surface area (Å²) in [6, 6.07) is -0.377. The number of quaternary nitrogens is 1. The van der Waals surface area contributed by atoms with Crippen LogP contribution in [0.3, 0.4) is 0 Å². The number of hydrogen-bond acceptors (Lipinski definition) is 6. The molecule has 0 saturated heterocycles. The number of likely N-dealkylation sites (N-methyl/N-ethyl adjacent to an activating group) is 2. The number of nitrogens with one attached hydrogen (secondary N) is 1. The molecule has 0 amide bonds. The number of rotatable bonds is 24. The molecule has 0 aromatic rings. The van der Waals surface area contributed by atoms with E-state index in [1.54, 1.807) is 7.05 Å². The third-order valence-corrected chi connectivity index (χ3v) is 6.78. The van der Waals surface area contributed by atoms with Crippen molar-refractivity contribution < 1.29 is 32.5 Å². The number of nitrogens with zero attached hydrogens (tertiary/aromatic N) is 1. The molecule has 0 bridgehead atoms. The van der Waals surface area contributed by atoms with Crippen molar-refractivity contribution in [3.05, 3.63) is 0 Å². The molecule has 9 heteroatoms. The predicted molar refractivity (Wildman–Crippen MR) is 139 cm³/mol. The minimum atomic E-state index is -4.13. The summed E-state index contributed by atoms with van der Waals surface area (Å²) in [7, 11) is 3.47. The number of carbonyl (C=O) groups excluding carboxylic acids is 1. The van der Waals surface area contributed by atoms with Crippen LogP contribution in [0.2, 0.25) is 0 Å². The van der Waals surface area contributed by atoms with Crippen molar-refractivity contribution in [3.63, 3.8) is 0 Å². The zero-order chi connectivity index (χ0) is 25.7. The number of unbranched alkanes of at least 4 members (excludes halogenated alkanes) is 12. The van der Waals surface area contributed by atoms with Gasteiger partial charge in [-0.2, -0.15) is 0 Å². The quantitative estimate of drug-likeness (QED) is 0.0774. The van der Waals surface area contributed by atoms with Crippen LogP contribution in [0.4, 0.5) is 0 Å². The number of esters is 1. The molecular weight excluding hydrogens is 455 g/mol. The fraction of sp³-hybridized carbons (Fsp3) is 0.960. The monoisotopic (exact) mass is 509 g/mol. The average Bonchev–Trinajstić information content (AvgIpc) is 2.76. The van der Waals surface area contributed by atoms with E-state index >= 15 is 0 Å². The highest BCUT2D eigenvalue weighted by Crippen LogP contribution is 2.43. The SMILES string of the molecule is CCCCCCCCCCCCCCCC(=O)OCC(COP(=O)(O)OCC[N+](C)(C)C)NC. The molecule has 0 heterocycles. The highest BCUT2D eigenvalue weighted by Gasteiger charge is 2.24. The zero-order valence-electron chi connectivity index (χ0n) is 22.7. The van der Waals surface area contributed by atoms with Crippen LogP contribution in [-0.2, 0) is 23.1 Å². The average molecular weight is 510 g/mol. The molecule has 0 aliphatic carbocycles. The maximum atomic E-state index is 12.0. The first-order chi connectivity index (χ1) is 16.1. The van der Waals surface area contributed by atoms with E-state index in [4.69, 9.17) is 13.8 Å². The van der Waals surface area contributed by atoms with Gasteiger partial charge in [-0.3, -0.25) is 13.8 Å². The standard InChI is InChI=1S/C25H53N2O6P/c1-6-7-8-9-10-11-12-13-14-15-16-17-18-19-25(28)31-22-24(26-2)23-33-34(29,30)32-21-20-27(3,4)5/h24,26H,6-23H2,1-5H3/p+1. The van der Waals surface area contributed by atoms with E-state index in [0.29, 0.717) is 17.4 Å². The zero-order valence-corrected chi connectivity index (χ0v) is 23.6. The minimum Gasteiger partial charge on any atom is -0.464 e. The summed E-state index contributed by atoms with van der Waals surface area (Å²) in [5.74, 6) is -0.241. The Bertz CT molecular complexity index is 542. The maximum Gasteiger partial charge on any atom is 0.472 e. The predicted octanol–water partition coefficient (Wildman–Crippen LogP) is 5.44. The molecule has 0 aromatic heterocycles. The Hall–Kier alpha value is -0.500. The van der Waals surface area contributed by atoms with Crippen LogP contribution in [-0.4, -0.2) is 75.9 Å². The van der Waals surface area contributed by atoms with Crippen LogP contribution in [0.25, 0.3) is 0 Å². The molecule has 8 nitrogen and oxygen atoms in total. The fourth-order valence-electron chi connectivity index (χ4n) is 3.42. The topological polar surface area (TPSA) is 94.1 Å². The van der Waals surface area contributed by atoms with Crippen molar-refractivity contribution in [2.75, 3.05) is 54.6 Å². The van der Waals surface area contributed by atoms with Gasteiger partial charge in [0.2, 0.25) is 0 Å². The first kappa shape index (κ1) is 33.5. The van der Waals surface area contributed by atoms with Gasteiger partial charge in [-0.25, -0.2) is 4.57 Å². The lowest BCUT2D eigenvalue weighted by Gasteiger charge is -2.24. The molecule has 0 aromatic carbocycles. The van der Waals surface area contributed by atoms with E-state index in [2.05, 4.69) is 12.2 Å².